The average Bonchev–Trinajstić information content (AvgIpc) is 2.90. The number of nitriles is 1. The van der Waals surface area contributed by atoms with Crippen LogP contribution in [0.15, 0.2) is 29.3 Å². The van der Waals surface area contributed by atoms with Gasteiger partial charge in [0.25, 0.3) is 0 Å². The summed E-state index contributed by atoms with van der Waals surface area (Å²) in [6.45, 7) is 0. The summed E-state index contributed by atoms with van der Waals surface area (Å²) in [4.78, 5) is 20.9. The molecule has 1 amide bonds. The summed E-state index contributed by atoms with van der Waals surface area (Å²) in [6, 6.07) is 8.59. The third kappa shape index (κ3) is 4.67. The smallest absolute Gasteiger partial charge is 0.316 e. The number of alkyl halides is 3. The fourth-order valence-corrected chi connectivity index (χ4v) is 5.60. The highest BCUT2D eigenvalue weighted by Gasteiger charge is 2.35. The molecule has 1 aliphatic rings. The SMILES string of the molecule is N#Cc1c(NC(=O)CSc2nc(C(F)(F)F)nc3ccccc23)sc2c1CCCCC2. The van der Waals surface area contributed by atoms with E-state index >= 15 is 0 Å². The molecule has 10 heteroatoms. The number of benzene rings is 1. The van der Waals surface area contributed by atoms with Gasteiger partial charge in [0.1, 0.15) is 16.1 Å². The molecule has 0 unspecified atom stereocenters. The van der Waals surface area contributed by atoms with Crippen molar-refractivity contribution in [2.75, 3.05) is 11.1 Å². The first kappa shape index (κ1) is 21.6. The minimum Gasteiger partial charge on any atom is -0.316 e. The lowest BCUT2D eigenvalue weighted by molar-refractivity contribution is -0.145. The molecule has 4 rings (SSSR count). The van der Waals surface area contributed by atoms with Gasteiger partial charge in [0.05, 0.1) is 16.8 Å². The van der Waals surface area contributed by atoms with Crippen molar-refractivity contribution in [2.24, 2.45) is 0 Å². The largest absolute Gasteiger partial charge is 0.451 e. The lowest BCUT2D eigenvalue weighted by Crippen LogP contribution is -2.15. The Bertz CT molecular complexity index is 1180. The third-order valence-electron chi connectivity index (χ3n) is 4.95. The topological polar surface area (TPSA) is 78.7 Å². The molecule has 0 fully saturated rings. The van der Waals surface area contributed by atoms with Crippen LogP contribution < -0.4 is 5.32 Å². The molecule has 1 aliphatic carbocycles. The quantitative estimate of drug-likeness (QED) is 0.311. The molecular formula is C21H17F3N4OS2. The number of nitrogens with zero attached hydrogens (tertiary/aromatic N) is 3. The fourth-order valence-electron chi connectivity index (χ4n) is 3.53. The monoisotopic (exact) mass is 462 g/mol. The molecule has 0 saturated heterocycles. The highest BCUT2D eigenvalue weighted by atomic mass is 32.2. The lowest BCUT2D eigenvalue weighted by atomic mass is 10.1. The van der Waals surface area contributed by atoms with Crippen molar-refractivity contribution in [1.82, 2.24) is 9.97 Å². The number of halogens is 3. The summed E-state index contributed by atoms with van der Waals surface area (Å²) in [5.41, 5.74) is 1.69. The van der Waals surface area contributed by atoms with Crippen molar-refractivity contribution in [2.45, 2.75) is 43.3 Å². The maximum absolute atomic E-state index is 13.2. The second-order valence-corrected chi connectivity index (χ2v) is 9.15. The summed E-state index contributed by atoms with van der Waals surface area (Å²) in [6.07, 6.45) is 0.238. The maximum atomic E-state index is 13.2. The van der Waals surface area contributed by atoms with E-state index in [-0.39, 0.29) is 16.3 Å². The van der Waals surface area contributed by atoms with Gasteiger partial charge in [-0.25, -0.2) is 9.97 Å². The second kappa shape index (κ2) is 8.85. The number of thioether (sulfide) groups is 1. The number of nitrogens with one attached hydrogen (secondary N) is 1. The molecule has 5 nitrogen and oxygen atoms in total. The summed E-state index contributed by atoms with van der Waals surface area (Å²) in [5, 5.41) is 13.4. The number of anilines is 1. The number of fused-ring (bicyclic) bond motifs is 2. The minimum absolute atomic E-state index is 0.0931. The molecule has 31 heavy (non-hydrogen) atoms. The third-order valence-corrected chi connectivity index (χ3v) is 7.15. The number of para-hydroxylation sites is 1. The Balaban J connectivity index is 1.54. The van der Waals surface area contributed by atoms with Crippen LogP contribution in [0.2, 0.25) is 0 Å². The van der Waals surface area contributed by atoms with Crippen LogP contribution in [-0.4, -0.2) is 21.6 Å². The van der Waals surface area contributed by atoms with Crippen LogP contribution in [0.1, 0.15) is 41.1 Å². The lowest BCUT2D eigenvalue weighted by Gasteiger charge is -2.10. The van der Waals surface area contributed by atoms with E-state index in [0.717, 1.165) is 54.3 Å². The van der Waals surface area contributed by atoms with Crippen molar-refractivity contribution in [3.8, 4) is 6.07 Å². The fraction of sp³-hybridized carbons (Fsp3) is 0.333. The van der Waals surface area contributed by atoms with Crippen molar-refractivity contribution >= 4 is 44.9 Å². The number of aryl methyl sites for hydroxylation is 1. The van der Waals surface area contributed by atoms with Gasteiger partial charge in [0.2, 0.25) is 11.7 Å². The van der Waals surface area contributed by atoms with Gasteiger partial charge in [-0.05, 0) is 37.3 Å². The van der Waals surface area contributed by atoms with Gasteiger partial charge in [-0.15, -0.1) is 11.3 Å². The molecule has 0 spiro atoms. The summed E-state index contributed by atoms with van der Waals surface area (Å²) < 4.78 is 39.5. The first-order valence-corrected chi connectivity index (χ1v) is 11.5. The Kier molecular flexibility index (Phi) is 6.16. The number of rotatable bonds is 4. The molecule has 0 radical (unpaired) electrons. The molecule has 0 aliphatic heterocycles. The summed E-state index contributed by atoms with van der Waals surface area (Å²) >= 11 is 2.34. The Morgan fingerprint density at radius 3 is 2.74 bits per heavy atom. The van der Waals surface area contributed by atoms with E-state index < -0.39 is 17.9 Å². The predicted molar refractivity (Wildman–Crippen MR) is 114 cm³/mol. The minimum atomic E-state index is -4.68. The van der Waals surface area contributed by atoms with Crippen LogP contribution in [0, 0.1) is 11.3 Å². The second-order valence-electron chi connectivity index (χ2n) is 7.08. The van der Waals surface area contributed by atoms with Gasteiger partial charge >= 0.3 is 6.18 Å². The van der Waals surface area contributed by atoms with Crippen molar-refractivity contribution < 1.29 is 18.0 Å². The van der Waals surface area contributed by atoms with Crippen LogP contribution in [0.5, 0.6) is 0 Å². The normalized spacial score (nSPS) is 14.0. The van der Waals surface area contributed by atoms with Crippen LogP contribution in [0.4, 0.5) is 18.2 Å². The van der Waals surface area contributed by atoms with E-state index in [1.165, 1.54) is 17.4 Å². The van der Waals surface area contributed by atoms with Gasteiger partial charge in [-0.1, -0.05) is 36.4 Å². The summed E-state index contributed by atoms with van der Waals surface area (Å²) in [5.74, 6) is -1.76. The van der Waals surface area contributed by atoms with E-state index in [9.17, 15) is 23.2 Å². The molecule has 0 saturated carbocycles. The molecule has 160 valence electrons. The Hall–Kier alpha value is -2.64. The van der Waals surface area contributed by atoms with Crippen molar-refractivity contribution in [1.29, 1.82) is 5.26 Å². The van der Waals surface area contributed by atoms with E-state index in [4.69, 9.17) is 0 Å². The van der Waals surface area contributed by atoms with Gasteiger partial charge < -0.3 is 5.32 Å². The number of carbonyl (C=O) groups is 1. The number of amides is 1. The molecular weight excluding hydrogens is 445 g/mol. The Morgan fingerprint density at radius 1 is 1.19 bits per heavy atom. The van der Waals surface area contributed by atoms with E-state index in [1.54, 1.807) is 18.2 Å². The average molecular weight is 463 g/mol. The van der Waals surface area contributed by atoms with Crippen LogP contribution in [-0.2, 0) is 23.8 Å². The zero-order valence-corrected chi connectivity index (χ0v) is 17.9. The van der Waals surface area contributed by atoms with Gasteiger partial charge in [-0.2, -0.15) is 18.4 Å². The predicted octanol–water partition coefficient (Wildman–Crippen LogP) is 5.58. The zero-order valence-electron chi connectivity index (χ0n) is 16.3. The van der Waals surface area contributed by atoms with Crippen LogP contribution in [0.25, 0.3) is 10.9 Å². The van der Waals surface area contributed by atoms with Gasteiger partial charge in [0, 0.05) is 10.3 Å². The molecule has 2 aromatic heterocycles. The number of thiophene rings is 1. The number of hydrogen-bond donors (Lipinski definition) is 1. The first-order chi connectivity index (χ1) is 14.9. The summed E-state index contributed by atoms with van der Waals surface area (Å²) in [7, 11) is 0. The van der Waals surface area contributed by atoms with E-state index in [2.05, 4.69) is 21.4 Å². The highest BCUT2D eigenvalue weighted by molar-refractivity contribution is 8.00. The maximum Gasteiger partial charge on any atom is 0.451 e. The van der Waals surface area contributed by atoms with Gasteiger partial charge in [-0.3, -0.25) is 4.79 Å². The molecule has 1 aromatic carbocycles. The molecule has 0 bridgehead atoms. The highest BCUT2D eigenvalue weighted by Crippen LogP contribution is 2.37. The molecule has 0 atom stereocenters. The van der Waals surface area contributed by atoms with Crippen LogP contribution >= 0.6 is 23.1 Å². The Labute approximate surface area is 184 Å². The molecule has 3 aromatic rings. The molecule has 1 N–H and O–H groups in total. The van der Waals surface area contributed by atoms with E-state index in [1.807, 2.05) is 0 Å². The number of aromatic nitrogens is 2. The standard InChI is InChI=1S/C21H17F3N4OS2/c22-21(23,24)20-26-15-8-5-4-7-13(15)18(28-20)30-11-17(29)27-19-14(10-25)12-6-2-1-3-9-16(12)31-19/h4-5,7-8H,1-3,6,9,11H2,(H,27,29). The van der Waals surface area contributed by atoms with Crippen LogP contribution in [0.3, 0.4) is 0 Å². The Morgan fingerprint density at radius 2 is 1.97 bits per heavy atom. The molecule has 2 heterocycles. The van der Waals surface area contributed by atoms with Crippen molar-refractivity contribution in [3.63, 3.8) is 0 Å². The zero-order chi connectivity index (χ0) is 22.0. The number of carbonyl (C=O) groups excluding carboxylic acids is 1. The van der Waals surface area contributed by atoms with Crippen molar-refractivity contribution in [3.05, 3.63) is 46.1 Å². The van der Waals surface area contributed by atoms with Gasteiger partial charge in [0.15, 0.2) is 0 Å². The number of hydrogen-bond acceptors (Lipinski definition) is 6. The van der Waals surface area contributed by atoms with E-state index in [0.29, 0.717) is 16.0 Å². The first-order valence-electron chi connectivity index (χ1n) is 9.68.